The fourth-order valence-electron chi connectivity index (χ4n) is 2.31. The number of aliphatic hydroxyl groups excluding tert-OH is 5. The van der Waals surface area contributed by atoms with Gasteiger partial charge in [-0.1, -0.05) is 28.3 Å². The van der Waals surface area contributed by atoms with E-state index in [1.165, 1.54) is 19.3 Å². The van der Waals surface area contributed by atoms with E-state index in [-0.39, 0.29) is 40.4 Å². The van der Waals surface area contributed by atoms with Crippen LogP contribution in [0.1, 0.15) is 33.6 Å². The summed E-state index contributed by atoms with van der Waals surface area (Å²) in [6, 6.07) is 5.63. The molecule has 1 aliphatic heterocycles. The van der Waals surface area contributed by atoms with Gasteiger partial charge in [0.15, 0.2) is 29.1 Å². The normalized spacial score (nSPS) is 14.2. The smallest absolute Gasteiger partial charge is 0.377 e. The Morgan fingerprint density at radius 1 is 1.05 bits per heavy atom. The van der Waals surface area contributed by atoms with Gasteiger partial charge in [-0.05, 0) is 23.8 Å². The maximum Gasteiger partial charge on any atom is 0.377 e. The molecule has 0 bridgehead atoms. The molecule has 3 rings (SSSR count). The van der Waals surface area contributed by atoms with Crippen LogP contribution in [0.2, 0.25) is 0 Å². The Labute approximate surface area is 224 Å². The molecule has 0 aliphatic carbocycles. The molecule has 1 aromatic carbocycles. The number of cyclic esters (lactones) is 1. The second kappa shape index (κ2) is 18.7. The molecule has 220 valence electrons. The van der Waals surface area contributed by atoms with Crippen molar-refractivity contribution in [3.63, 3.8) is 0 Å². The van der Waals surface area contributed by atoms with Gasteiger partial charge in [0.2, 0.25) is 11.2 Å². The van der Waals surface area contributed by atoms with E-state index in [1.54, 1.807) is 12.1 Å². The highest BCUT2D eigenvalue weighted by atomic mass is 16.6. The number of carbonyl (C=O) groups is 2. The number of carbonyl (C=O) groups excluding carboxylic acids is 1. The van der Waals surface area contributed by atoms with Gasteiger partial charge < -0.3 is 54.7 Å². The molecule has 1 aromatic heterocycles. The molecule has 0 fully saturated rings. The van der Waals surface area contributed by atoms with Crippen LogP contribution in [0.4, 0.5) is 0 Å². The number of hydrogen-bond acceptors (Lipinski definition) is 13. The second-order valence-corrected chi connectivity index (χ2v) is 6.67. The molecule has 0 saturated heterocycles. The number of phenols is 1. The Morgan fingerprint density at radius 2 is 1.67 bits per heavy atom. The second-order valence-electron chi connectivity index (χ2n) is 6.67. The highest BCUT2D eigenvalue weighted by Gasteiger charge is 2.38. The summed E-state index contributed by atoms with van der Waals surface area (Å²) >= 11 is 0. The number of ether oxygens (including phenoxy) is 2. The van der Waals surface area contributed by atoms with Gasteiger partial charge in [0.05, 0.1) is 13.7 Å². The highest BCUT2D eigenvalue weighted by molar-refractivity contribution is 5.89. The van der Waals surface area contributed by atoms with E-state index < -0.39 is 53.5 Å². The Kier molecular flexibility index (Phi) is 18.7. The molecule has 2 unspecified atom stereocenters. The average Bonchev–Trinajstić information content (AvgIpc) is 3.12. The minimum atomic E-state index is -1.42. The largest absolute Gasteiger partial charge is 0.505 e. The predicted molar refractivity (Wildman–Crippen MR) is 139 cm³/mol. The maximum absolute atomic E-state index is 10.6. The number of carboxylic acid groups (broad SMARTS) is 1. The summed E-state index contributed by atoms with van der Waals surface area (Å²) in [4.78, 5) is 31.3. The standard InChI is InChI=1S/C10H10O4.C6H8O6.C6H6O4.3CH4/c1-14-9-6-7(2-4-8(9)11)3-5-10(12)13;7-1-2(8)5-3(9)4(10)6(11)12-5;7-2-4-1-5(8)6(9)3-10-4;;;/h2-6,11H,1H3,(H,12,13);2,5,7-10H,1H2;1,3,7,9H,2H2;3*1H4/b5-3+;;;;;. The third-order valence-electron chi connectivity index (χ3n) is 4.12. The van der Waals surface area contributed by atoms with Gasteiger partial charge in [-0.3, -0.25) is 4.79 Å². The number of aliphatic carboxylic acids is 1. The topological polar surface area (TPSA) is 245 Å². The molecule has 1 aliphatic rings. The van der Waals surface area contributed by atoms with Crippen molar-refractivity contribution in [2.45, 2.75) is 41.1 Å². The van der Waals surface area contributed by atoms with Crippen LogP contribution < -0.4 is 10.2 Å². The number of hydrogen-bond donors (Lipinski definition) is 8. The molecule has 2 atom stereocenters. The predicted octanol–water partition coefficient (Wildman–Crippen LogP) is 1.84. The van der Waals surface area contributed by atoms with Gasteiger partial charge in [-0.15, -0.1) is 0 Å². The monoisotopic (exact) mass is 560 g/mol. The minimum Gasteiger partial charge on any atom is -0.505 e. The van der Waals surface area contributed by atoms with Gasteiger partial charge in [-0.2, -0.15) is 0 Å². The van der Waals surface area contributed by atoms with E-state index >= 15 is 0 Å². The van der Waals surface area contributed by atoms with Crippen LogP contribution in [0.25, 0.3) is 6.08 Å². The van der Waals surface area contributed by atoms with Crippen LogP contribution >= 0.6 is 0 Å². The first-order valence-electron chi connectivity index (χ1n) is 9.76. The Bertz CT molecular complexity index is 1170. The van der Waals surface area contributed by atoms with Crippen molar-refractivity contribution >= 4 is 18.0 Å². The molecule has 0 amide bonds. The summed E-state index contributed by atoms with van der Waals surface area (Å²) in [5, 5.41) is 69.8. The fraction of sp³-hybridized carbons (Fsp3) is 0.320. The van der Waals surface area contributed by atoms with Crippen molar-refractivity contribution in [1.29, 1.82) is 0 Å². The first kappa shape index (κ1) is 39.0. The highest BCUT2D eigenvalue weighted by Crippen LogP contribution is 2.26. The van der Waals surface area contributed by atoms with Gasteiger partial charge in [0.25, 0.3) is 0 Å². The number of carboxylic acids is 1. The third kappa shape index (κ3) is 12.0. The lowest BCUT2D eigenvalue weighted by Gasteiger charge is -2.13. The average molecular weight is 561 g/mol. The quantitative estimate of drug-likeness (QED) is 0.186. The van der Waals surface area contributed by atoms with Gasteiger partial charge in [0.1, 0.15) is 24.7 Å². The molecule has 39 heavy (non-hydrogen) atoms. The summed E-state index contributed by atoms with van der Waals surface area (Å²) in [6.45, 7) is -1.01. The maximum atomic E-state index is 10.6. The zero-order valence-corrected chi connectivity index (χ0v) is 18.6. The summed E-state index contributed by atoms with van der Waals surface area (Å²) in [5.41, 5.74) is 0.109. The van der Waals surface area contributed by atoms with E-state index in [0.29, 0.717) is 11.3 Å². The Morgan fingerprint density at radius 3 is 2.10 bits per heavy atom. The van der Waals surface area contributed by atoms with E-state index in [9.17, 15) is 19.5 Å². The summed E-state index contributed by atoms with van der Waals surface area (Å²) < 4.78 is 13.8. The van der Waals surface area contributed by atoms with E-state index in [0.717, 1.165) is 18.4 Å². The number of aromatic hydroxyl groups is 2. The van der Waals surface area contributed by atoms with E-state index in [2.05, 4.69) is 9.15 Å². The lowest BCUT2D eigenvalue weighted by molar-refractivity contribution is -0.147. The zero-order valence-electron chi connectivity index (χ0n) is 18.6. The number of phenolic OH excluding ortho intramolecular Hbond substituents is 1. The molecular formula is C25H36O14. The zero-order chi connectivity index (χ0) is 27.4. The molecule has 0 spiro atoms. The lowest BCUT2D eigenvalue weighted by atomic mass is 10.2. The van der Waals surface area contributed by atoms with Crippen molar-refractivity contribution in [3.8, 4) is 17.2 Å². The Hall–Kier alpha value is -4.53. The Balaban J connectivity index is -0.000000486. The van der Waals surface area contributed by atoms with Crippen LogP contribution in [0, 0.1) is 0 Å². The third-order valence-corrected chi connectivity index (χ3v) is 4.12. The summed E-state index contributed by atoms with van der Waals surface area (Å²) in [5.74, 6) is -3.76. The summed E-state index contributed by atoms with van der Waals surface area (Å²) in [6.07, 6.45) is 0.561. The van der Waals surface area contributed by atoms with E-state index in [4.69, 9.17) is 40.5 Å². The molecule has 0 saturated carbocycles. The molecule has 0 radical (unpaired) electrons. The van der Waals surface area contributed by atoms with E-state index in [1.807, 2.05) is 0 Å². The lowest BCUT2D eigenvalue weighted by Crippen LogP contribution is -2.31. The first-order chi connectivity index (χ1) is 16.9. The van der Waals surface area contributed by atoms with Crippen LogP contribution in [-0.4, -0.2) is 78.7 Å². The van der Waals surface area contributed by atoms with Gasteiger partial charge >= 0.3 is 11.9 Å². The number of esters is 1. The molecule has 2 aromatic rings. The minimum absolute atomic E-state index is 0. The van der Waals surface area contributed by atoms with Crippen molar-refractivity contribution in [2.24, 2.45) is 0 Å². The number of rotatable bonds is 6. The first-order valence-corrected chi connectivity index (χ1v) is 9.76. The van der Waals surface area contributed by atoms with Crippen molar-refractivity contribution < 1.29 is 64.3 Å². The number of benzene rings is 1. The van der Waals surface area contributed by atoms with Crippen LogP contribution in [-0.2, 0) is 20.9 Å². The van der Waals surface area contributed by atoms with Crippen molar-refractivity contribution in [3.05, 3.63) is 69.7 Å². The van der Waals surface area contributed by atoms with Crippen molar-refractivity contribution in [2.75, 3.05) is 13.7 Å². The van der Waals surface area contributed by atoms with Crippen molar-refractivity contribution in [1.82, 2.24) is 0 Å². The van der Waals surface area contributed by atoms with Crippen LogP contribution in [0.3, 0.4) is 0 Å². The molecular weight excluding hydrogens is 524 g/mol. The van der Waals surface area contributed by atoms with Gasteiger partial charge in [-0.25, -0.2) is 9.59 Å². The van der Waals surface area contributed by atoms with Gasteiger partial charge in [0, 0.05) is 12.1 Å². The fourth-order valence-corrected chi connectivity index (χ4v) is 2.31. The number of methoxy groups -OCH3 is 1. The number of aliphatic hydroxyl groups is 5. The molecule has 2 heterocycles. The van der Waals surface area contributed by atoms with Crippen LogP contribution in [0.15, 0.2) is 57.3 Å². The van der Waals surface area contributed by atoms with Crippen LogP contribution in [0.5, 0.6) is 17.2 Å². The molecule has 14 heteroatoms. The summed E-state index contributed by atoms with van der Waals surface area (Å²) in [7, 11) is 1.43. The SMILES string of the molecule is C.C.C.COc1cc(/C=C/C(=O)O)ccc1O.O=C1OC(C(O)CO)C(O)=C1O.O=c1cc(CO)occ1O. The molecule has 14 nitrogen and oxygen atoms in total. The molecule has 8 N–H and O–H groups in total.